The summed E-state index contributed by atoms with van der Waals surface area (Å²) in [7, 11) is 0. The smallest absolute Gasteiger partial charge is 0.266 e. The zero-order valence-electron chi connectivity index (χ0n) is 22.9. The molecule has 1 spiro atoms. The van der Waals surface area contributed by atoms with E-state index in [-0.39, 0.29) is 35.2 Å². The lowest BCUT2D eigenvalue weighted by Crippen LogP contribution is -2.50. The lowest BCUT2D eigenvalue weighted by atomic mass is 9.75. The van der Waals surface area contributed by atoms with Crippen molar-refractivity contribution in [2.45, 2.75) is 38.8 Å². The maximum atomic E-state index is 14.5. The highest BCUT2D eigenvalue weighted by atomic mass is 16.2. The number of imide groups is 1. The number of rotatable bonds is 4. The van der Waals surface area contributed by atoms with Crippen molar-refractivity contribution in [3.63, 3.8) is 0 Å². The van der Waals surface area contributed by atoms with Gasteiger partial charge in [0, 0.05) is 24.2 Å². The molecule has 4 aromatic rings. The number of amides is 3. The molecule has 3 aliphatic heterocycles. The number of carbonyl (C=O) groups is 3. The zero-order chi connectivity index (χ0) is 28.6. The van der Waals surface area contributed by atoms with Crippen molar-refractivity contribution >= 4 is 40.0 Å². The van der Waals surface area contributed by atoms with E-state index >= 15 is 0 Å². The SMILES string of the molecule is CC(=O)Nc1ccc(N2C(=O)C3C(CC(C)C)NC4(c5ccccc5-n5c4nc4ccccc4c5=O)C3C2=O)cc1. The second-order valence-corrected chi connectivity index (χ2v) is 11.5. The molecule has 4 heterocycles. The topological polar surface area (TPSA) is 113 Å². The third kappa shape index (κ3) is 3.48. The minimum absolute atomic E-state index is 0.206. The average Bonchev–Trinajstić information content (AvgIpc) is 3.52. The highest BCUT2D eigenvalue weighted by molar-refractivity contribution is 6.23. The molecule has 7 rings (SSSR count). The number of hydrogen-bond acceptors (Lipinski definition) is 6. The maximum Gasteiger partial charge on any atom is 0.266 e. The van der Waals surface area contributed by atoms with Crippen LogP contribution in [0.5, 0.6) is 0 Å². The van der Waals surface area contributed by atoms with Crippen LogP contribution in [0.2, 0.25) is 0 Å². The fourth-order valence-corrected chi connectivity index (χ4v) is 7.08. The molecule has 206 valence electrons. The Kier molecular flexibility index (Phi) is 5.53. The van der Waals surface area contributed by atoms with E-state index in [0.717, 1.165) is 5.56 Å². The molecule has 41 heavy (non-hydrogen) atoms. The minimum Gasteiger partial charge on any atom is -0.326 e. The Hall–Kier alpha value is -4.63. The van der Waals surface area contributed by atoms with Crippen LogP contribution in [-0.4, -0.2) is 33.3 Å². The van der Waals surface area contributed by atoms with Gasteiger partial charge in [-0.25, -0.2) is 9.88 Å². The first-order valence-corrected chi connectivity index (χ1v) is 13.9. The number of carbonyl (C=O) groups excluding carboxylic acids is 3. The third-order valence-corrected chi connectivity index (χ3v) is 8.53. The number of aromatic nitrogens is 2. The Bertz CT molecular complexity index is 1830. The van der Waals surface area contributed by atoms with Crippen LogP contribution in [0.25, 0.3) is 16.6 Å². The van der Waals surface area contributed by atoms with Gasteiger partial charge in [-0.05, 0) is 54.8 Å². The Labute approximate surface area is 236 Å². The van der Waals surface area contributed by atoms with Gasteiger partial charge in [0.25, 0.3) is 5.56 Å². The predicted molar refractivity (Wildman–Crippen MR) is 155 cm³/mol. The summed E-state index contributed by atoms with van der Waals surface area (Å²) >= 11 is 0. The zero-order valence-corrected chi connectivity index (χ0v) is 22.9. The fourth-order valence-electron chi connectivity index (χ4n) is 7.08. The Morgan fingerprint density at radius 1 is 0.976 bits per heavy atom. The molecule has 3 aliphatic rings. The molecule has 2 fully saturated rings. The number of nitrogens with one attached hydrogen (secondary N) is 2. The van der Waals surface area contributed by atoms with Crippen molar-refractivity contribution in [2.24, 2.45) is 17.8 Å². The number of hydrogen-bond donors (Lipinski definition) is 2. The highest BCUT2D eigenvalue weighted by Gasteiger charge is 2.69. The van der Waals surface area contributed by atoms with E-state index in [0.29, 0.717) is 40.2 Å². The van der Waals surface area contributed by atoms with Crippen molar-refractivity contribution < 1.29 is 14.4 Å². The van der Waals surface area contributed by atoms with Crippen LogP contribution in [0.4, 0.5) is 11.4 Å². The molecule has 3 amide bonds. The lowest BCUT2D eigenvalue weighted by molar-refractivity contribution is -0.123. The van der Waals surface area contributed by atoms with E-state index in [1.54, 1.807) is 41.0 Å². The maximum absolute atomic E-state index is 14.5. The van der Waals surface area contributed by atoms with Gasteiger partial charge in [0.2, 0.25) is 17.7 Å². The largest absolute Gasteiger partial charge is 0.326 e. The van der Waals surface area contributed by atoms with Gasteiger partial charge in [-0.2, -0.15) is 0 Å². The molecule has 3 aromatic carbocycles. The van der Waals surface area contributed by atoms with Crippen molar-refractivity contribution in [3.8, 4) is 5.69 Å². The molecule has 2 N–H and O–H groups in total. The van der Waals surface area contributed by atoms with E-state index in [1.807, 2.05) is 36.4 Å². The van der Waals surface area contributed by atoms with E-state index in [4.69, 9.17) is 4.98 Å². The number of para-hydroxylation sites is 2. The molecular formula is C32H29N5O4. The van der Waals surface area contributed by atoms with Crippen molar-refractivity contribution in [3.05, 3.63) is 94.5 Å². The Balaban J connectivity index is 1.45. The molecule has 1 aromatic heterocycles. The van der Waals surface area contributed by atoms with Crippen LogP contribution in [-0.2, 0) is 19.9 Å². The lowest BCUT2D eigenvalue weighted by Gasteiger charge is -2.32. The van der Waals surface area contributed by atoms with Gasteiger partial charge in [0.1, 0.15) is 11.4 Å². The van der Waals surface area contributed by atoms with Gasteiger partial charge in [-0.1, -0.05) is 44.2 Å². The van der Waals surface area contributed by atoms with Gasteiger partial charge >= 0.3 is 0 Å². The average molecular weight is 548 g/mol. The molecule has 0 aliphatic carbocycles. The second kappa shape index (κ2) is 8.94. The summed E-state index contributed by atoms with van der Waals surface area (Å²) in [4.78, 5) is 60.4. The molecule has 0 bridgehead atoms. The van der Waals surface area contributed by atoms with Crippen LogP contribution < -0.4 is 21.1 Å². The number of anilines is 2. The third-order valence-electron chi connectivity index (χ3n) is 8.53. The van der Waals surface area contributed by atoms with Gasteiger partial charge < -0.3 is 5.32 Å². The highest BCUT2D eigenvalue weighted by Crippen LogP contribution is 2.56. The molecular weight excluding hydrogens is 518 g/mol. The standard InChI is InChI=1S/C32H29N5O4/c1-17(2)16-24-26-27(30(41)36(29(26)40)20-14-12-19(13-15-20)33-18(3)38)32(35-24)22-9-5-7-11-25(22)37-28(39)21-8-4-6-10-23(21)34-31(32)37/h4-15,17,24,26-27,35H,16H2,1-3H3,(H,33,38). The first-order valence-electron chi connectivity index (χ1n) is 13.9. The van der Waals surface area contributed by atoms with Crippen molar-refractivity contribution in [1.82, 2.24) is 14.9 Å². The Morgan fingerprint density at radius 3 is 2.41 bits per heavy atom. The quantitative estimate of drug-likeness (QED) is 0.377. The molecule has 9 nitrogen and oxygen atoms in total. The van der Waals surface area contributed by atoms with Gasteiger partial charge in [0.05, 0.1) is 34.1 Å². The molecule has 9 heteroatoms. The van der Waals surface area contributed by atoms with E-state index in [2.05, 4.69) is 24.5 Å². The summed E-state index contributed by atoms with van der Waals surface area (Å²) in [5.41, 5.74) is 1.63. The van der Waals surface area contributed by atoms with Crippen molar-refractivity contribution in [1.29, 1.82) is 0 Å². The van der Waals surface area contributed by atoms with Crippen LogP contribution in [0.3, 0.4) is 0 Å². The molecule has 4 atom stereocenters. The van der Waals surface area contributed by atoms with Crippen LogP contribution in [0.15, 0.2) is 77.6 Å². The van der Waals surface area contributed by atoms with E-state index < -0.39 is 17.4 Å². The van der Waals surface area contributed by atoms with Crippen LogP contribution in [0.1, 0.15) is 38.6 Å². The molecule has 0 saturated carbocycles. The summed E-state index contributed by atoms with van der Waals surface area (Å²) in [5, 5.41) is 6.94. The molecule has 0 radical (unpaired) electrons. The minimum atomic E-state index is -1.17. The molecule has 2 saturated heterocycles. The first-order chi connectivity index (χ1) is 19.7. The first kappa shape index (κ1) is 25.3. The normalized spacial score (nSPS) is 24.3. The Morgan fingerprint density at radius 2 is 1.68 bits per heavy atom. The van der Waals surface area contributed by atoms with Gasteiger partial charge in [-0.3, -0.25) is 29.1 Å². The van der Waals surface area contributed by atoms with E-state index in [9.17, 15) is 19.2 Å². The van der Waals surface area contributed by atoms with E-state index in [1.165, 1.54) is 11.8 Å². The monoisotopic (exact) mass is 547 g/mol. The summed E-state index contributed by atoms with van der Waals surface area (Å²) < 4.78 is 1.61. The predicted octanol–water partition coefficient (Wildman–Crippen LogP) is 3.72. The summed E-state index contributed by atoms with van der Waals surface area (Å²) in [6.45, 7) is 5.60. The number of benzene rings is 3. The summed E-state index contributed by atoms with van der Waals surface area (Å²) in [5.74, 6) is -1.59. The van der Waals surface area contributed by atoms with Crippen LogP contribution >= 0.6 is 0 Å². The van der Waals surface area contributed by atoms with Crippen LogP contribution in [0, 0.1) is 17.8 Å². The second-order valence-electron chi connectivity index (χ2n) is 11.5. The fraction of sp³-hybridized carbons (Fsp3) is 0.281. The molecule has 4 unspecified atom stereocenters. The van der Waals surface area contributed by atoms with Gasteiger partial charge in [0.15, 0.2) is 0 Å². The summed E-state index contributed by atoms with van der Waals surface area (Å²) in [6.07, 6.45) is 0.664. The van der Waals surface area contributed by atoms with Gasteiger partial charge in [-0.15, -0.1) is 0 Å². The number of fused-ring (bicyclic) bond motifs is 8. The van der Waals surface area contributed by atoms with Crippen molar-refractivity contribution in [2.75, 3.05) is 10.2 Å². The summed E-state index contributed by atoms with van der Waals surface area (Å²) in [6, 6.07) is 21.2. The number of nitrogens with zero attached hydrogens (tertiary/aromatic N) is 3.